The lowest BCUT2D eigenvalue weighted by Gasteiger charge is -2.10. The first-order chi connectivity index (χ1) is 17.3. The molecule has 0 radical (unpaired) electrons. The number of rotatable bonds is 9. The van der Waals surface area contributed by atoms with Crippen LogP contribution in [-0.2, 0) is 7.05 Å². The van der Waals surface area contributed by atoms with Crippen LogP contribution in [-0.4, -0.2) is 53.5 Å². The van der Waals surface area contributed by atoms with Crippen LogP contribution in [0.5, 0.6) is 0 Å². The molecular formula is C28H31N5O2S. The number of amides is 2. The smallest absolute Gasteiger partial charge is 0.267 e. The number of aryl methyl sites for hydroxylation is 2. The summed E-state index contributed by atoms with van der Waals surface area (Å²) in [6.45, 7) is 3.54. The van der Waals surface area contributed by atoms with E-state index in [1.165, 1.54) is 0 Å². The topological polar surface area (TPSA) is 79.3 Å². The second-order valence-electron chi connectivity index (χ2n) is 9.00. The third-order valence-corrected chi connectivity index (χ3v) is 6.62. The number of benzene rings is 2. The summed E-state index contributed by atoms with van der Waals surface area (Å²) in [5, 5.41) is 8.96. The Balaban J connectivity index is 1.37. The van der Waals surface area contributed by atoms with Gasteiger partial charge in [0.25, 0.3) is 11.8 Å². The van der Waals surface area contributed by atoms with Crippen LogP contribution in [0.4, 0.5) is 5.69 Å². The Morgan fingerprint density at radius 1 is 0.972 bits per heavy atom. The molecule has 186 valence electrons. The highest BCUT2D eigenvalue weighted by Crippen LogP contribution is 2.25. The molecule has 0 atom stereocenters. The van der Waals surface area contributed by atoms with E-state index >= 15 is 0 Å². The molecule has 4 rings (SSSR count). The van der Waals surface area contributed by atoms with E-state index in [1.807, 2.05) is 98.8 Å². The van der Waals surface area contributed by atoms with E-state index in [-0.39, 0.29) is 11.8 Å². The van der Waals surface area contributed by atoms with Gasteiger partial charge in [-0.3, -0.25) is 9.59 Å². The lowest BCUT2D eigenvalue weighted by Crippen LogP contribution is -2.28. The van der Waals surface area contributed by atoms with Gasteiger partial charge < -0.3 is 20.1 Å². The van der Waals surface area contributed by atoms with Gasteiger partial charge in [0.05, 0.1) is 10.7 Å². The van der Waals surface area contributed by atoms with Crippen molar-refractivity contribution in [2.45, 2.75) is 13.3 Å². The predicted octanol–water partition coefficient (Wildman–Crippen LogP) is 5.06. The molecule has 0 fully saturated rings. The van der Waals surface area contributed by atoms with Crippen molar-refractivity contribution >= 4 is 28.8 Å². The molecule has 0 aliphatic carbocycles. The maximum Gasteiger partial charge on any atom is 0.267 e. The molecule has 0 aliphatic rings. The van der Waals surface area contributed by atoms with Gasteiger partial charge in [0, 0.05) is 47.5 Å². The number of nitrogens with zero attached hydrogens (tertiary/aromatic N) is 3. The van der Waals surface area contributed by atoms with Crippen molar-refractivity contribution in [3.63, 3.8) is 0 Å². The molecule has 0 spiro atoms. The van der Waals surface area contributed by atoms with Crippen LogP contribution < -0.4 is 10.6 Å². The van der Waals surface area contributed by atoms with Crippen molar-refractivity contribution in [3.8, 4) is 22.4 Å². The number of anilines is 1. The molecule has 4 aromatic rings. The predicted molar refractivity (Wildman–Crippen MR) is 147 cm³/mol. The second-order valence-corrected chi connectivity index (χ2v) is 10.1. The molecule has 2 aromatic carbocycles. The summed E-state index contributed by atoms with van der Waals surface area (Å²) in [7, 11) is 5.90. The zero-order valence-electron chi connectivity index (χ0n) is 21.0. The fourth-order valence-corrected chi connectivity index (χ4v) is 4.50. The minimum Gasteiger partial charge on any atom is -0.351 e. The first-order valence-electron chi connectivity index (χ1n) is 11.8. The third kappa shape index (κ3) is 6.27. The minimum atomic E-state index is -0.170. The van der Waals surface area contributed by atoms with Gasteiger partial charge in [-0.25, -0.2) is 4.98 Å². The average Bonchev–Trinajstić information content (AvgIpc) is 3.48. The number of hydrogen-bond donors (Lipinski definition) is 2. The lowest BCUT2D eigenvalue weighted by atomic mass is 10.1. The number of hydrogen-bond acceptors (Lipinski definition) is 5. The first kappa shape index (κ1) is 25.3. The van der Waals surface area contributed by atoms with Crippen molar-refractivity contribution in [1.82, 2.24) is 19.8 Å². The summed E-state index contributed by atoms with van der Waals surface area (Å²) in [5.41, 5.74) is 5.73. The van der Waals surface area contributed by atoms with Crippen molar-refractivity contribution in [1.29, 1.82) is 0 Å². The van der Waals surface area contributed by atoms with Gasteiger partial charge in [0.2, 0.25) is 0 Å². The summed E-state index contributed by atoms with van der Waals surface area (Å²) < 4.78 is 1.84. The van der Waals surface area contributed by atoms with Gasteiger partial charge in [-0.1, -0.05) is 24.3 Å². The van der Waals surface area contributed by atoms with E-state index in [0.29, 0.717) is 23.5 Å². The molecule has 2 heterocycles. The fourth-order valence-electron chi connectivity index (χ4n) is 3.87. The van der Waals surface area contributed by atoms with Gasteiger partial charge in [-0.05, 0) is 69.9 Å². The van der Waals surface area contributed by atoms with Gasteiger partial charge >= 0.3 is 0 Å². The molecule has 0 unspecified atom stereocenters. The number of carbonyl (C=O) groups excluding carboxylic acids is 2. The molecular weight excluding hydrogens is 470 g/mol. The van der Waals surface area contributed by atoms with Gasteiger partial charge in [0.1, 0.15) is 5.69 Å². The summed E-state index contributed by atoms with van der Waals surface area (Å²) in [6, 6.07) is 17.0. The fraction of sp³-hybridized carbons (Fsp3) is 0.250. The SMILES string of the molecule is Cc1nc(-c2ccc(C(=O)Nc3ccc(-c4cc(C(=O)NCCCN(C)C)n(C)c4)cc3)cc2)cs1. The van der Waals surface area contributed by atoms with Crippen molar-refractivity contribution in [2.24, 2.45) is 7.05 Å². The largest absolute Gasteiger partial charge is 0.351 e. The minimum absolute atomic E-state index is 0.0812. The molecule has 0 bridgehead atoms. The highest BCUT2D eigenvalue weighted by Gasteiger charge is 2.13. The van der Waals surface area contributed by atoms with Crippen LogP contribution >= 0.6 is 11.3 Å². The molecule has 36 heavy (non-hydrogen) atoms. The molecule has 2 N–H and O–H groups in total. The zero-order chi connectivity index (χ0) is 25.7. The normalized spacial score (nSPS) is 11.0. The Morgan fingerprint density at radius 3 is 2.31 bits per heavy atom. The maximum absolute atomic E-state index is 12.7. The number of aromatic nitrogens is 2. The van der Waals surface area contributed by atoms with Gasteiger partial charge in [0.15, 0.2) is 0 Å². The molecule has 7 nitrogen and oxygen atoms in total. The number of thiazole rings is 1. The van der Waals surface area contributed by atoms with E-state index in [9.17, 15) is 9.59 Å². The quantitative estimate of drug-likeness (QED) is 0.314. The van der Waals surface area contributed by atoms with Crippen LogP contribution in [0.2, 0.25) is 0 Å². The Morgan fingerprint density at radius 2 is 1.67 bits per heavy atom. The highest BCUT2D eigenvalue weighted by atomic mass is 32.1. The standard InChI is InChI=1S/C28H31N5O2S/c1-19-30-25(18-36-19)21-6-8-22(9-7-21)27(34)31-24-12-10-20(11-13-24)23-16-26(33(4)17-23)28(35)29-14-5-15-32(2)3/h6-13,16-18H,5,14-15H2,1-4H3,(H,29,35)(H,31,34). The van der Waals surface area contributed by atoms with E-state index in [4.69, 9.17) is 0 Å². The first-order valence-corrected chi connectivity index (χ1v) is 12.7. The van der Waals surface area contributed by atoms with E-state index in [1.54, 1.807) is 11.3 Å². The van der Waals surface area contributed by atoms with Crippen LogP contribution in [0.3, 0.4) is 0 Å². The number of nitrogens with one attached hydrogen (secondary N) is 2. The Bertz CT molecular complexity index is 1340. The molecule has 0 saturated carbocycles. The monoisotopic (exact) mass is 501 g/mol. The molecule has 2 amide bonds. The van der Waals surface area contributed by atoms with Crippen LogP contribution in [0.25, 0.3) is 22.4 Å². The zero-order valence-corrected chi connectivity index (χ0v) is 21.9. The number of carbonyl (C=O) groups is 2. The molecule has 0 saturated heterocycles. The third-order valence-electron chi connectivity index (χ3n) is 5.84. The van der Waals surface area contributed by atoms with Crippen LogP contribution in [0.1, 0.15) is 32.3 Å². The van der Waals surface area contributed by atoms with Crippen molar-refractivity contribution < 1.29 is 9.59 Å². The van der Waals surface area contributed by atoms with Gasteiger partial charge in [-0.2, -0.15) is 0 Å². The van der Waals surface area contributed by atoms with Gasteiger partial charge in [-0.15, -0.1) is 11.3 Å². The lowest BCUT2D eigenvalue weighted by molar-refractivity contribution is 0.0943. The summed E-state index contributed by atoms with van der Waals surface area (Å²) in [5.74, 6) is -0.251. The van der Waals surface area contributed by atoms with Crippen LogP contribution in [0, 0.1) is 6.92 Å². The highest BCUT2D eigenvalue weighted by molar-refractivity contribution is 7.09. The summed E-state index contributed by atoms with van der Waals surface area (Å²) in [4.78, 5) is 31.9. The summed E-state index contributed by atoms with van der Waals surface area (Å²) >= 11 is 1.61. The van der Waals surface area contributed by atoms with E-state index in [2.05, 4.69) is 20.5 Å². The van der Waals surface area contributed by atoms with Crippen molar-refractivity contribution in [2.75, 3.05) is 32.5 Å². The van der Waals surface area contributed by atoms with E-state index < -0.39 is 0 Å². The van der Waals surface area contributed by atoms with Crippen molar-refractivity contribution in [3.05, 3.63) is 82.4 Å². The molecule has 2 aromatic heterocycles. The second kappa shape index (κ2) is 11.3. The van der Waals surface area contributed by atoms with E-state index in [0.717, 1.165) is 40.4 Å². The Labute approximate surface area is 215 Å². The maximum atomic E-state index is 12.7. The van der Waals surface area contributed by atoms with Crippen LogP contribution in [0.15, 0.2) is 66.2 Å². The Kier molecular flexibility index (Phi) is 7.97. The summed E-state index contributed by atoms with van der Waals surface area (Å²) in [6.07, 6.45) is 2.84. The average molecular weight is 502 g/mol. The molecule has 0 aliphatic heterocycles. The molecule has 8 heteroatoms. The Hall–Kier alpha value is -3.75.